The lowest BCUT2D eigenvalue weighted by Gasteiger charge is -2.29. The number of amides is 1. The van der Waals surface area contributed by atoms with Gasteiger partial charge in [-0.2, -0.15) is 0 Å². The zero-order valence-electron chi connectivity index (χ0n) is 13.1. The van der Waals surface area contributed by atoms with Crippen LogP contribution in [0.2, 0.25) is 15.2 Å². The molecule has 1 aromatic rings. The Kier molecular flexibility index (Phi) is 6.54. The lowest BCUT2D eigenvalue weighted by atomic mass is 9.86. The van der Waals surface area contributed by atoms with E-state index in [9.17, 15) is 9.59 Å². The molecule has 1 fully saturated rings. The van der Waals surface area contributed by atoms with E-state index in [4.69, 9.17) is 45.3 Å². The van der Waals surface area contributed by atoms with Gasteiger partial charge in [-0.25, -0.2) is 9.78 Å². The highest BCUT2D eigenvalue weighted by Crippen LogP contribution is 2.34. The molecule has 1 aliphatic rings. The van der Waals surface area contributed by atoms with Crippen LogP contribution in [0, 0.1) is 5.92 Å². The number of ether oxygens (including phenoxy) is 1. The zero-order chi connectivity index (χ0) is 17.9. The minimum Gasteiger partial charge on any atom is -0.451 e. The van der Waals surface area contributed by atoms with E-state index in [0.717, 1.165) is 19.3 Å². The molecule has 1 saturated carbocycles. The molecule has 0 radical (unpaired) electrons. The molecule has 0 unspecified atom stereocenters. The Hall–Kier alpha value is -1.24. The van der Waals surface area contributed by atoms with E-state index in [1.807, 2.05) is 0 Å². The highest BCUT2D eigenvalue weighted by atomic mass is 35.5. The Bertz CT molecular complexity index is 655. The molecule has 1 heterocycles. The third-order valence-electron chi connectivity index (χ3n) is 4.06. The summed E-state index contributed by atoms with van der Waals surface area (Å²) in [4.78, 5) is 27.7. The van der Waals surface area contributed by atoms with Crippen molar-refractivity contribution < 1.29 is 14.3 Å². The minimum absolute atomic E-state index is 0.0396. The van der Waals surface area contributed by atoms with Gasteiger partial charge in [0.2, 0.25) is 0 Å². The number of nitrogens with one attached hydrogen (secondary N) is 1. The van der Waals surface area contributed by atoms with E-state index < -0.39 is 12.6 Å². The van der Waals surface area contributed by atoms with Crippen molar-refractivity contribution in [3.8, 4) is 0 Å². The number of hydrogen-bond donors (Lipinski definition) is 2. The summed E-state index contributed by atoms with van der Waals surface area (Å²) in [6.07, 6.45) is 4.26. The topological polar surface area (TPSA) is 94.3 Å². The van der Waals surface area contributed by atoms with Crippen molar-refractivity contribution >= 4 is 52.4 Å². The number of aromatic nitrogens is 1. The number of hydrogen-bond acceptors (Lipinski definition) is 5. The summed E-state index contributed by atoms with van der Waals surface area (Å²) in [5.74, 6) is -0.854. The third kappa shape index (κ3) is 4.43. The van der Waals surface area contributed by atoms with Crippen LogP contribution in [0.5, 0.6) is 0 Å². The van der Waals surface area contributed by atoms with Crippen LogP contribution in [-0.2, 0) is 9.53 Å². The number of esters is 1. The summed E-state index contributed by atoms with van der Waals surface area (Å²) < 4.78 is 4.94. The number of nitrogens with zero attached hydrogens (tertiary/aromatic N) is 1. The molecule has 0 bridgehead atoms. The second kappa shape index (κ2) is 8.23. The monoisotopic (exact) mass is 393 g/mol. The maximum atomic E-state index is 12.0. The molecule has 2 rings (SSSR count). The summed E-state index contributed by atoms with van der Waals surface area (Å²) in [7, 11) is 0. The van der Waals surface area contributed by atoms with Crippen LogP contribution in [0.3, 0.4) is 0 Å². The molecule has 24 heavy (non-hydrogen) atoms. The van der Waals surface area contributed by atoms with Crippen LogP contribution in [0.1, 0.15) is 43.1 Å². The number of halogens is 3. The molecule has 0 aromatic carbocycles. The standard InChI is InChI=1S/C15H18Cl3N3O3/c1-7-4-2-3-5-8(7)20-9(22)6-24-15(23)13-10(16)12(19)11(17)14(18)21-13/h7-8H,2-6H2,1H3,(H2,19,21)(H,20,22)/t7-,8+/m0/s1. The van der Waals surface area contributed by atoms with Gasteiger partial charge in [0.05, 0.1) is 10.7 Å². The molecule has 9 heteroatoms. The van der Waals surface area contributed by atoms with Gasteiger partial charge >= 0.3 is 5.97 Å². The van der Waals surface area contributed by atoms with Crippen LogP contribution >= 0.6 is 34.8 Å². The second-order valence-corrected chi connectivity index (χ2v) is 6.92. The van der Waals surface area contributed by atoms with E-state index in [0.29, 0.717) is 5.92 Å². The van der Waals surface area contributed by atoms with E-state index in [2.05, 4.69) is 17.2 Å². The van der Waals surface area contributed by atoms with Crippen LogP contribution in [-0.4, -0.2) is 29.5 Å². The van der Waals surface area contributed by atoms with Crippen molar-refractivity contribution in [2.75, 3.05) is 12.3 Å². The molecule has 6 nitrogen and oxygen atoms in total. The summed E-state index contributed by atoms with van der Waals surface area (Å²) in [5, 5.41) is 2.52. The number of carbonyl (C=O) groups is 2. The molecule has 1 aromatic heterocycles. The smallest absolute Gasteiger partial charge is 0.359 e. The van der Waals surface area contributed by atoms with Crippen molar-refractivity contribution in [1.82, 2.24) is 10.3 Å². The van der Waals surface area contributed by atoms with Crippen LogP contribution in [0.4, 0.5) is 5.69 Å². The molecule has 132 valence electrons. The van der Waals surface area contributed by atoms with Crippen LogP contribution in [0.25, 0.3) is 0 Å². The number of anilines is 1. The van der Waals surface area contributed by atoms with Crippen molar-refractivity contribution in [1.29, 1.82) is 0 Å². The molecular formula is C15H18Cl3N3O3. The van der Waals surface area contributed by atoms with Crippen molar-refractivity contribution in [2.45, 2.75) is 38.6 Å². The third-order valence-corrected chi connectivity index (χ3v) is 5.19. The first-order valence-corrected chi connectivity index (χ1v) is 8.71. The molecule has 3 N–H and O–H groups in total. The van der Waals surface area contributed by atoms with E-state index >= 15 is 0 Å². The summed E-state index contributed by atoms with van der Waals surface area (Å²) in [6, 6.07) is 0.104. The van der Waals surface area contributed by atoms with Gasteiger partial charge in [-0.15, -0.1) is 0 Å². The predicted molar refractivity (Wildman–Crippen MR) is 93.5 cm³/mol. The normalized spacial score (nSPS) is 20.5. The molecule has 1 aliphatic carbocycles. The van der Waals surface area contributed by atoms with Crippen LogP contribution < -0.4 is 11.1 Å². The lowest BCUT2D eigenvalue weighted by molar-refractivity contribution is -0.125. The Balaban J connectivity index is 1.94. The molecule has 0 saturated heterocycles. The van der Waals surface area contributed by atoms with Gasteiger partial charge in [0.25, 0.3) is 5.91 Å². The molecule has 0 aliphatic heterocycles. The predicted octanol–water partition coefficient (Wildman–Crippen LogP) is 3.48. The fourth-order valence-corrected chi connectivity index (χ4v) is 3.23. The van der Waals surface area contributed by atoms with Crippen molar-refractivity contribution in [3.63, 3.8) is 0 Å². The average molecular weight is 395 g/mol. The first kappa shape index (κ1) is 19.1. The Morgan fingerprint density at radius 2 is 1.92 bits per heavy atom. The fourth-order valence-electron chi connectivity index (χ4n) is 2.65. The first-order chi connectivity index (χ1) is 11.3. The van der Waals surface area contributed by atoms with Gasteiger partial charge in [0.1, 0.15) is 5.02 Å². The highest BCUT2D eigenvalue weighted by Gasteiger charge is 2.24. The van der Waals surface area contributed by atoms with Crippen LogP contribution in [0.15, 0.2) is 0 Å². The summed E-state index contributed by atoms with van der Waals surface area (Å²) >= 11 is 17.5. The minimum atomic E-state index is -0.892. The summed E-state index contributed by atoms with van der Waals surface area (Å²) in [5.41, 5.74) is 5.30. The van der Waals surface area contributed by atoms with Gasteiger partial charge < -0.3 is 15.8 Å². The molecule has 0 spiro atoms. The average Bonchev–Trinajstić information content (AvgIpc) is 2.56. The number of nitrogens with two attached hydrogens (primary N) is 1. The zero-order valence-corrected chi connectivity index (χ0v) is 15.3. The Labute approximate surface area is 155 Å². The number of pyridine rings is 1. The number of carbonyl (C=O) groups excluding carboxylic acids is 2. The number of nitrogen functional groups attached to an aromatic ring is 1. The van der Waals surface area contributed by atoms with E-state index in [-0.39, 0.29) is 38.5 Å². The van der Waals surface area contributed by atoms with Gasteiger partial charge in [-0.1, -0.05) is 54.6 Å². The Morgan fingerprint density at radius 1 is 1.25 bits per heavy atom. The first-order valence-electron chi connectivity index (χ1n) is 7.57. The second-order valence-electron chi connectivity index (χ2n) is 5.80. The van der Waals surface area contributed by atoms with Crippen molar-refractivity contribution in [2.24, 2.45) is 5.92 Å². The van der Waals surface area contributed by atoms with Crippen molar-refractivity contribution in [3.05, 3.63) is 20.9 Å². The van der Waals surface area contributed by atoms with Gasteiger partial charge in [0.15, 0.2) is 17.5 Å². The fraction of sp³-hybridized carbons (Fsp3) is 0.533. The van der Waals surface area contributed by atoms with Gasteiger partial charge in [-0.05, 0) is 18.8 Å². The molecule has 1 amide bonds. The quantitative estimate of drug-likeness (QED) is 0.602. The summed E-state index contributed by atoms with van der Waals surface area (Å²) in [6.45, 7) is 1.67. The largest absolute Gasteiger partial charge is 0.451 e. The highest BCUT2D eigenvalue weighted by molar-refractivity contribution is 6.46. The van der Waals surface area contributed by atoms with E-state index in [1.165, 1.54) is 6.42 Å². The van der Waals surface area contributed by atoms with Gasteiger partial charge in [0, 0.05) is 6.04 Å². The maximum absolute atomic E-state index is 12.0. The number of rotatable bonds is 4. The lowest BCUT2D eigenvalue weighted by Crippen LogP contribution is -2.42. The molecular weight excluding hydrogens is 377 g/mol. The maximum Gasteiger partial charge on any atom is 0.359 e. The Morgan fingerprint density at radius 3 is 2.58 bits per heavy atom. The van der Waals surface area contributed by atoms with E-state index in [1.54, 1.807) is 0 Å². The van der Waals surface area contributed by atoms with Gasteiger partial charge in [-0.3, -0.25) is 4.79 Å². The molecule has 2 atom stereocenters. The SMILES string of the molecule is C[C@H]1CCCC[C@H]1NC(=O)COC(=O)c1nc(Cl)c(Cl)c(N)c1Cl.